The third-order valence-corrected chi connectivity index (χ3v) is 5.08. The zero-order chi connectivity index (χ0) is 18.2. The molecule has 27 heavy (non-hydrogen) atoms. The van der Waals surface area contributed by atoms with Crippen LogP contribution in [0, 0.1) is 0 Å². The molecule has 2 aromatic heterocycles. The van der Waals surface area contributed by atoms with Crippen LogP contribution >= 0.6 is 0 Å². The lowest BCUT2D eigenvalue weighted by molar-refractivity contribution is 0.678. The predicted octanol–water partition coefficient (Wildman–Crippen LogP) is 4.02. The molecule has 0 spiro atoms. The third kappa shape index (κ3) is 2.89. The van der Waals surface area contributed by atoms with Gasteiger partial charge in [-0.3, -0.25) is 0 Å². The maximum atomic E-state index is 5.75. The van der Waals surface area contributed by atoms with Crippen LogP contribution in [-0.2, 0) is 12.8 Å². The van der Waals surface area contributed by atoms with Gasteiger partial charge in [0.15, 0.2) is 5.65 Å². The van der Waals surface area contributed by atoms with Gasteiger partial charge in [-0.1, -0.05) is 12.1 Å². The van der Waals surface area contributed by atoms with E-state index in [4.69, 9.17) is 10.7 Å². The number of anilines is 3. The smallest absolute Gasteiger partial charge is 0.229 e. The number of fused-ring (bicyclic) bond motifs is 2. The first-order chi connectivity index (χ1) is 13.3. The fourth-order valence-electron chi connectivity index (χ4n) is 3.71. The number of aryl methyl sites for hydroxylation is 1. The van der Waals surface area contributed by atoms with Gasteiger partial charge in [0.2, 0.25) is 5.95 Å². The van der Waals surface area contributed by atoms with Gasteiger partial charge in [-0.25, -0.2) is 9.67 Å². The number of rotatable bonds is 3. The lowest BCUT2D eigenvalue weighted by Gasteiger charge is -2.19. The van der Waals surface area contributed by atoms with Crippen LogP contribution in [0.5, 0.6) is 0 Å². The van der Waals surface area contributed by atoms with Crippen molar-refractivity contribution in [3.05, 3.63) is 66.0 Å². The first kappa shape index (κ1) is 15.8. The molecule has 0 saturated carbocycles. The summed E-state index contributed by atoms with van der Waals surface area (Å²) < 4.78 is 1.94. The summed E-state index contributed by atoms with van der Waals surface area (Å²) in [5, 5.41) is 8.76. The molecule has 0 fully saturated rings. The minimum atomic E-state index is 0.541. The van der Waals surface area contributed by atoms with Crippen molar-refractivity contribution in [3.63, 3.8) is 0 Å². The minimum absolute atomic E-state index is 0.541. The summed E-state index contributed by atoms with van der Waals surface area (Å²) in [6.07, 6.45) is 8.34. The van der Waals surface area contributed by atoms with Crippen LogP contribution in [-0.4, -0.2) is 19.7 Å². The number of hydrogen-bond donors (Lipinski definition) is 2. The number of benzene rings is 2. The molecule has 4 aromatic rings. The van der Waals surface area contributed by atoms with Crippen LogP contribution in [0.4, 0.5) is 17.3 Å². The molecule has 3 N–H and O–H groups in total. The van der Waals surface area contributed by atoms with E-state index >= 15 is 0 Å². The zero-order valence-electron chi connectivity index (χ0n) is 14.9. The maximum absolute atomic E-state index is 5.75. The Labute approximate surface area is 157 Å². The van der Waals surface area contributed by atoms with Crippen LogP contribution in [0.1, 0.15) is 24.0 Å². The Bertz CT molecular complexity index is 1110. The summed E-state index contributed by atoms with van der Waals surface area (Å²) in [6, 6.07) is 14.0. The molecule has 0 bridgehead atoms. The summed E-state index contributed by atoms with van der Waals surface area (Å²) in [4.78, 5) is 9.14. The SMILES string of the molecule is Nc1ccc(Nc2ncc3cnn(-c4cccc5c4CCCC5)c3n2)cc1. The highest BCUT2D eigenvalue weighted by molar-refractivity contribution is 5.77. The lowest BCUT2D eigenvalue weighted by atomic mass is 9.90. The first-order valence-corrected chi connectivity index (χ1v) is 9.22. The molecule has 0 unspecified atom stereocenters. The standard InChI is InChI=1S/C21H20N6/c22-16-8-10-17(11-9-16)25-21-23-12-15-13-24-27(20(15)26-21)19-7-3-5-14-4-1-2-6-18(14)19/h3,5,7-13H,1-2,4,6,22H2,(H,23,25,26). The number of nitrogen functional groups attached to an aromatic ring is 1. The Balaban J connectivity index is 1.57. The number of nitrogens with two attached hydrogens (primary N) is 1. The highest BCUT2D eigenvalue weighted by Gasteiger charge is 2.17. The molecular weight excluding hydrogens is 336 g/mol. The van der Waals surface area contributed by atoms with Gasteiger partial charge in [0.05, 0.1) is 17.3 Å². The normalized spacial score (nSPS) is 13.5. The van der Waals surface area contributed by atoms with Crippen molar-refractivity contribution in [2.45, 2.75) is 25.7 Å². The molecule has 5 rings (SSSR count). The van der Waals surface area contributed by atoms with Gasteiger partial charge in [-0.05, 0) is 67.1 Å². The molecule has 134 valence electrons. The van der Waals surface area contributed by atoms with Crippen LogP contribution in [0.3, 0.4) is 0 Å². The van der Waals surface area contributed by atoms with Crippen molar-refractivity contribution >= 4 is 28.4 Å². The van der Waals surface area contributed by atoms with E-state index in [1.807, 2.05) is 35.1 Å². The number of aromatic nitrogens is 4. The molecule has 0 radical (unpaired) electrons. The summed E-state index contributed by atoms with van der Waals surface area (Å²) in [7, 11) is 0. The Morgan fingerprint density at radius 3 is 2.70 bits per heavy atom. The molecular formula is C21H20N6. The monoisotopic (exact) mass is 356 g/mol. The van der Waals surface area contributed by atoms with Crippen LogP contribution in [0.25, 0.3) is 16.7 Å². The van der Waals surface area contributed by atoms with Gasteiger partial charge in [-0.2, -0.15) is 10.1 Å². The molecule has 0 amide bonds. The van der Waals surface area contributed by atoms with E-state index in [1.165, 1.54) is 24.0 Å². The van der Waals surface area contributed by atoms with Crippen molar-refractivity contribution in [2.75, 3.05) is 11.1 Å². The maximum Gasteiger partial charge on any atom is 0.229 e. The summed E-state index contributed by atoms with van der Waals surface area (Å²) in [5.74, 6) is 0.541. The summed E-state index contributed by atoms with van der Waals surface area (Å²) >= 11 is 0. The minimum Gasteiger partial charge on any atom is -0.399 e. The topological polar surface area (TPSA) is 81.6 Å². The molecule has 2 aromatic carbocycles. The fraction of sp³-hybridized carbons (Fsp3) is 0.190. The summed E-state index contributed by atoms with van der Waals surface area (Å²) in [6.45, 7) is 0. The quantitative estimate of drug-likeness (QED) is 0.542. The molecule has 0 saturated heterocycles. The van der Waals surface area contributed by atoms with Gasteiger partial charge >= 0.3 is 0 Å². The van der Waals surface area contributed by atoms with Gasteiger partial charge in [-0.15, -0.1) is 0 Å². The lowest BCUT2D eigenvalue weighted by Crippen LogP contribution is -2.09. The van der Waals surface area contributed by atoms with E-state index in [0.717, 1.165) is 40.9 Å². The highest BCUT2D eigenvalue weighted by Crippen LogP contribution is 2.28. The fourth-order valence-corrected chi connectivity index (χ4v) is 3.71. The largest absolute Gasteiger partial charge is 0.399 e. The Morgan fingerprint density at radius 2 is 1.81 bits per heavy atom. The van der Waals surface area contributed by atoms with E-state index in [0.29, 0.717) is 5.95 Å². The Kier molecular flexibility index (Phi) is 3.74. The second-order valence-corrected chi connectivity index (χ2v) is 6.90. The molecule has 2 heterocycles. The Hall–Kier alpha value is -3.41. The van der Waals surface area contributed by atoms with E-state index in [9.17, 15) is 0 Å². The molecule has 0 aliphatic heterocycles. The van der Waals surface area contributed by atoms with Crippen molar-refractivity contribution in [3.8, 4) is 5.69 Å². The second-order valence-electron chi connectivity index (χ2n) is 6.90. The van der Waals surface area contributed by atoms with Crippen molar-refractivity contribution < 1.29 is 0 Å². The third-order valence-electron chi connectivity index (χ3n) is 5.08. The zero-order valence-corrected chi connectivity index (χ0v) is 14.9. The van der Waals surface area contributed by atoms with E-state index < -0.39 is 0 Å². The van der Waals surface area contributed by atoms with E-state index in [1.54, 1.807) is 6.20 Å². The Morgan fingerprint density at radius 1 is 0.963 bits per heavy atom. The van der Waals surface area contributed by atoms with Gasteiger partial charge < -0.3 is 11.1 Å². The average Bonchev–Trinajstić information content (AvgIpc) is 3.12. The van der Waals surface area contributed by atoms with Crippen LogP contribution in [0.2, 0.25) is 0 Å². The van der Waals surface area contributed by atoms with Crippen LogP contribution < -0.4 is 11.1 Å². The average molecular weight is 356 g/mol. The number of nitrogens with one attached hydrogen (secondary N) is 1. The number of nitrogens with zero attached hydrogens (tertiary/aromatic N) is 4. The van der Waals surface area contributed by atoms with Gasteiger partial charge in [0.25, 0.3) is 0 Å². The molecule has 0 atom stereocenters. The highest BCUT2D eigenvalue weighted by atomic mass is 15.3. The molecule has 1 aliphatic rings. The van der Waals surface area contributed by atoms with Crippen molar-refractivity contribution in [1.82, 2.24) is 19.7 Å². The van der Waals surface area contributed by atoms with Crippen molar-refractivity contribution in [2.24, 2.45) is 0 Å². The molecule has 1 aliphatic carbocycles. The van der Waals surface area contributed by atoms with E-state index in [2.05, 4.69) is 33.6 Å². The van der Waals surface area contributed by atoms with Gasteiger partial charge in [0, 0.05) is 17.6 Å². The molecule has 6 nitrogen and oxygen atoms in total. The number of hydrogen-bond acceptors (Lipinski definition) is 5. The van der Waals surface area contributed by atoms with Crippen LogP contribution in [0.15, 0.2) is 54.9 Å². The second kappa shape index (κ2) is 6.39. The molecule has 6 heteroatoms. The predicted molar refractivity (Wildman–Crippen MR) is 107 cm³/mol. The first-order valence-electron chi connectivity index (χ1n) is 9.22. The van der Waals surface area contributed by atoms with Crippen molar-refractivity contribution in [1.29, 1.82) is 0 Å². The summed E-state index contributed by atoms with van der Waals surface area (Å²) in [5.41, 5.74) is 12.1. The van der Waals surface area contributed by atoms with E-state index in [-0.39, 0.29) is 0 Å². The van der Waals surface area contributed by atoms with Gasteiger partial charge in [0.1, 0.15) is 0 Å².